The summed E-state index contributed by atoms with van der Waals surface area (Å²) in [4.78, 5) is 0. The summed E-state index contributed by atoms with van der Waals surface area (Å²) in [7, 11) is 0. The molecule has 1 N–H and O–H groups in total. The van der Waals surface area contributed by atoms with Crippen molar-refractivity contribution in [2.24, 2.45) is 5.92 Å². The lowest BCUT2D eigenvalue weighted by molar-refractivity contribution is 0.386. The van der Waals surface area contributed by atoms with Gasteiger partial charge in [0, 0.05) is 6.42 Å². The van der Waals surface area contributed by atoms with Gasteiger partial charge in [-0.25, -0.2) is 0 Å². The Morgan fingerprint density at radius 3 is 2.69 bits per heavy atom. The maximum atomic E-state index is 8.83. The highest BCUT2D eigenvalue weighted by molar-refractivity contribution is 7.99. The van der Waals surface area contributed by atoms with Crippen molar-refractivity contribution in [2.75, 3.05) is 11.5 Å². The molecule has 0 saturated heterocycles. The fourth-order valence-electron chi connectivity index (χ4n) is 0.936. The van der Waals surface area contributed by atoms with Crippen LogP contribution in [-0.2, 0) is 0 Å². The van der Waals surface area contributed by atoms with Gasteiger partial charge in [-0.2, -0.15) is 11.8 Å². The van der Waals surface area contributed by atoms with Crippen molar-refractivity contribution in [3.63, 3.8) is 0 Å². The van der Waals surface area contributed by atoms with Gasteiger partial charge in [-0.05, 0) is 30.3 Å². The maximum absolute atomic E-state index is 8.83. The number of aliphatic hydroxyl groups is 1. The highest BCUT2D eigenvalue weighted by atomic mass is 32.2. The Morgan fingerprint density at radius 2 is 2.15 bits per heavy atom. The Bertz CT molecular complexity index is 134. The van der Waals surface area contributed by atoms with Crippen LogP contribution >= 0.6 is 11.8 Å². The summed E-state index contributed by atoms with van der Waals surface area (Å²) in [6, 6.07) is 0. The van der Waals surface area contributed by atoms with Gasteiger partial charge in [-0.15, -0.1) is 0 Å². The van der Waals surface area contributed by atoms with Gasteiger partial charge >= 0.3 is 0 Å². The summed E-state index contributed by atoms with van der Waals surface area (Å²) in [6.07, 6.45) is 4.31. The van der Waals surface area contributed by atoms with E-state index in [0.717, 1.165) is 18.8 Å². The zero-order chi connectivity index (χ0) is 10.1. The SMILES string of the molecule is C=C(O)CCCCSCC(C)CC. The van der Waals surface area contributed by atoms with E-state index in [-0.39, 0.29) is 0 Å². The number of rotatable bonds is 8. The van der Waals surface area contributed by atoms with Crippen LogP contribution in [0.4, 0.5) is 0 Å². The van der Waals surface area contributed by atoms with E-state index in [1.54, 1.807) is 0 Å². The standard InChI is InChI=1S/C11H22OS/c1-4-10(2)9-13-8-6-5-7-11(3)12/h10,12H,3-9H2,1-2H3. The van der Waals surface area contributed by atoms with Crippen molar-refractivity contribution in [1.29, 1.82) is 0 Å². The summed E-state index contributed by atoms with van der Waals surface area (Å²) >= 11 is 2.03. The van der Waals surface area contributed by atoms with E-state index in [9.17, 15) is 0 Å². The first kappa shape index (κ1) is 12.9. The molecular weight excluding hydrogens is 180 g/mol. The van der Waals surface area contributed by atoms with Crippen molar-refractivity contribution in [2.45, 2.75) is 39.5 Å². The third kappa shape index (κ3) is 9.81. The normalized spacial score (nSPS) is 12.8. The van der Waals surface area contributed by atoms with Crippen molar-refractivity contribution < 1.29 is 5.11 Å². The predicted molar refractivity (Wildman–Crippen MR) is 62.4 cm³/mol. The number of hydrogen-bond donors (Lipinski definition) is 1. The fraction of sp³-hybridized carbons (Fsp3) is 0.818. The number of unbranched alkanes of at least 4 members (excludes halogenated alkanes) is 1. The molecule has 0 aromatic heterocycles. The molecule has 1 atom stereocenters. The van der Waals surface area contributed by atoms with Crippen LogP contribution in [0.3, 0.4) is 0 Å². The largest absolute Gasteiger partial charge is 0.513 e. The van der Waals surface area contributed by atoms with Crippen LogP contribution < -0.4 is 0 Å². The van der Waals surface area contributed by atoms with Crippen LogP contribution in [0.25, 0.3) is 0 Å². The number of hydrogen-bond acceptors (Lipinski definition) is 2. The molecule has 0 saturated carbocycles. The zero-order valence-electron chi connectivity index (χ0n) is 8.88. The van der Waals surface area contributed by atoms with Gasteiger partial charge in [0.2, 0.25) is 0 Å². The highest BCUT2D eigenvalue weighted by Crippen LogP contribution is 2.13. The topological polar surface area (TPSA) is 20.2 Å². The molecule has 0 radical (unpaired) electrons. The lowest BCUT2D eigenvalue weighted by atomic mass is 10.2. The monoisotopic (exact) mass is 202 g/mol. The summed E-state index contributed by atoms with van der Waals surface area (Å²) in [5.74, 6) is 3.67. The van der Waals surface area contributed by atoms with E-state index in [1.807, 2.05) is 11.8 Å². The molecule has 0 aromatic rings. The van der Waals surface area contributed by atoms with Crippen LogP contribution in [0.15, 0.2) is 12.3 Å². The average Bonchev–Trinajstić information content (AvgIpc) is 2.10. The van der Waals surface area contributed by atoms with E-state index in [4.69, 9.17) is 5.11 Å². The second-order valence-electron chi connectivity index (χ2n) is 3.61. The first-order chi connectivity index (χ1) is 6.16. The summed E-state index contributed by atoms with van der Waals surface area (Å²) < 4.78 is 0. The predicted octanol–water partition coefficient (Wildman–Crippen LogP) is 4.01. The first-order valence-electron chi connectivity index (χ1n) is 5.11. The molecule has 0 fully saturated rings. The van der Waals surface area contributed by atoms with Crippen LogP contribution in [0.2, 0.25) is 0 Å². The minimum absolute atomic E-state index is 0.326. The smallest absolute Gasteiger partial charge is 0.0851 e. The van der Waals surface area contributed by atoms with Crippen LogP contribution in [0.5, 0.6) is 0 Å². The molecule has 13 heavy (non-hydrogen) atoms. The van der Waals surface area contributed by atoms with E-state index in [0.29, 0.717) is 5.76 Å². The lowest BCUT2D eigenvalue weighted by Gasteiger charge is -2.06. The Hall–Kier alpha value is -0.110. The first-order valence-corrected chi connectivity index (χ1v) is 6.26. The van der Waals surface area contributed by atoms with Gasteiger partial charge in [-0.1, -0.05) is 26.8 Å². The highest BCUT2D eigenvalue weighted by Gasteiger charge is 1.98. The second-order valence-corrected chi connectivity index (χ2v) is 4.76. The van der Waals surface area contributed by atoms with Gasteiger partial charge in [0.15, 0.2) is 0 Å². The average molecular weight is 202 g/mol. The molecule has 0 rings (SSSR count). The molecule has 2 heteroatoms. The quantitative estimate of drug-likeness (QED) is 0.474. The molecule has 1 unspecified atom stereocenters. The third-order valence-corrected chi connectivity index (χ3v) is 3.49. The van der Waals surface area contributed by atoms with Gasteiger partial charge in [-0.3, -0.25) is 0 Å². The van der Waals surface area contributed by atoms with Gasteiger partial charge in [0.05, 0.1) is 5.76 Å². The maximum Gasteiger partial charge on any atom is 0.0851 e. The Labute approximate surface area is 86.6 Å². The molecular formula is C11H22OS. The third-order valence-electron chi connectivity index (χ3n) is 2.10. The zero-order valence-corrected chi connectivity index (χ0v) is 9.70. The molecule has 0 heterocycles. The molecule has 0 amide bonds. The van der Waals surface area contributed by atoms with Crippen LogP contribution in [0.1, 0.15) is 39.5 Å². The van der Waals surface area contributed by atoms with Crippen LogP contribution in [0, 0.1) is 5.92 Å². The molecule has 1 nitrogen and oxygen atoms in total. The van der Waals surface area contributed by atoms with Crippen molar-refractivity contribution in [3.05, 3.63) is 12.3 Å². The van der Waals surface area contributed by atoms with Crippen molar-refractivity contribution in [1.82, 2.24) is 0 Å². The summed E-state index contributed by atoms with van der Waals surface area (Å²) in [6.45, 7) is 7.99. The number of aliphatic hydroxyl groups excluding tert-OH is 1. The van der Waals surface area contributed by atoms with E-state index in [1.165, 1.54) is 24.3 Å². The van der Waals surface area contributed by atoms with E-state index in [2.05, 4.69) is 20.4 Å². The molecule has 0 aromatic carbocycles. The van der Waals surface area contributed by atoms with Gasteiger partial charge in [0.1, 0.15) is 0 Å². The van der Waals surface area contributed by atoms with Crippen molar-refractivity contribution in [3.8, 4) is 0 Å². The minimum Gasteiger partial charge on any atom is -0.513 e. The van der Waals surface area contributed by atoms with Gasteiger partial charge in [0.25, 0.3) is 0 Å². The van der Waals surface area contributed by atoms with Crippen molar-refractivity contribution >= 4 is 11.8 Å². The van der Waals surface area contributed by atoms with E-state index < -0.39 is 0 Å². The van der Waals surface area contributed by atoms with Gasteiger partial charge < -0.3 is 5.11 Å². The summed E-state index contributed by atoms with van der Waals surface area (Å²) in [5, 5.41) is 8.83. The molecule has 0 aliphatic carbocycles. The summed E-state index contributed by atoms with van der Waals surface area (Å²) in [5.41, 5.74) is 0. The number of allylic oxidation sites excluding steroid dienone is 1. The Balaban J connectivity index is 3.04. The second kappa shape index (κ2) is 8.49. The minimum atomic E-state index is 0.326. The Morgan fingerprint density at radius 1 is 1.46 bits per heavy atom. The number of thioether (sulfide) groups is 1. The molecule has 0 aliphatic heterocycles. The fourth-order valence-corrected chi connectivity index (χ4v) is 2.15. The van der Waals surface area contributed by atoms with E-state index >= 15 is 0 Å². The van der Waals surface area contributed by atoms with Crippen LogP contribution in [-0.4, -0.2) is 16.6 Å². The molecule has 0 aliphatic rings. The molecule has 0 bridgehead atoms. The molecule has 78 valence electrons. The molecule has 0 spiro atoms. The Kier molecular flexibility index (Phi) is 8.41. The lowest BCUT2D eigenvalue weighted by Crippen LogP contribution is -1.96.